The lowest BCUT2D eigenvalue weighted by Crippen LogP contribution is -2.45. The maximum Gasteiger partial charge on any atom is 0.228 e. The SMILES string of the molecule is COc1cc(F)cc(F)c1-c1csc(C2CN(C(=O)C3(C)CC3)CCO2)n1. The van der Waals surface area contributed by atoms with Gasteiger partial charge < -0.3 is 14.4 Å². The van der Waals surface area contributed by atoms with Crippen LogP contribution in [0.5, 0.6) is 5.75 Å². The molecule has 0 spiro atoms. The van der Waals surface area contributed by atoms with Crippen molar-refractivity contribution in [3.05, 3.63) is 34.2 Å². The lowest BCUT2D eigenvalue weighted by Gasteiger charge is -2.33. The minimum atomic E-state index is -0.730. The van der Waals surface area contributed by atoms with Crippen LogP contribution in [0.25, 0.3) is 11.3 Å². The molecule has 2 fully saturated rings. The number of benzene rings is 1. The van der Waals surface area contributed by atoms with Gasteiger partial charge in [0, 0.05) is 29.5 Å². The Labute approximate surface area is 159 Å². The fourth-order valence-corrected chi connectivity index (χ4v) is 4.12. The van der Waals surface area contributed by atoms with Gasteiger partial charge in [0.25, 0.3) is 0 Å². The number of halogens is 2. The van der Waals surface area contributed by atoms with Gasteiger partial charge in [-0.05, 0) is 12.8 Å². The quantitative estimate of drug-likeness (QED) is 0.792. The van der Waals surface area contributed by atoms with Crippen molar-refractivity contribution in [1.29, 1.82) is 0 Å². The maximum atomic E-state index is 14.3. The molecule has 1 unspecified atom stereocenters. The smallest absolute Gasteiger partial charge is 0.228 e. The van der Waals surface area contributed by atoms with Gasteiger partial charge in [-0.2, -0.15) is 0 Å². The normalized spacial score (nSPS) is 21.2. The van der Waals surface area contributed by atoms with Gasteiger partial charge in [-0.15, -0.1) is 11.3 Å². The number of nitrogens with zero attached hydrogens (tertiary/aromatic N) is 2. The lowest BCUT2D eigenvalue weighted by molar-refractivity contribution is -0.144. The molecule has 27 heavy (non-hydrogen) atoms. The van der Waals surface area contributed by atoms with Crippen molar-refractivity contribution in [3.8, 4) is 17.0 Å². The van der Waals surface area contributed by atoms with Crippen LogP contribution >= 0.6 is 11.3 Å². The van der Waals surface area contributed by atoms with Gasteiger partial charge in [0.15, 0.2) is 0 Å². The van der Waals surface area contributed by atoms with E-state index in [4.69, 9.17) is 9.47 Å². The number of carbonyl (C=O) groups is 1. The number of morpholine rings is 1. The summed E-state index contributed by atoms with van der Waals surface area (Å²) >= 11 is 1.33. The third-order valence-corrected chi connectivity index (χ3v) is 6.10. The van der Waals surface area contributed by atoms with E-state index in [-0.39, 0.29) is 28.7 Å². The Morgan fingerprint density at radius 3 is 2.89 bits per heavy atom. The fraction of sp³-hybridized carbons (Fsp3) is 0.474. The molecule has 1 aliphatic heterocycles. The zero-order chi connectivity index (χ0) is 19.2. The highest BCUT2D eigenvalue weighted by Crippen LogP contribution is 2.47. The van der Waals surface area contributed by atoms with Crippen LogP contribution in [0, 0.1) is 17.0 Å². The number of rotatable bonds is 4. The van der Waals surface area contributed by atoms with Crippen LogP contribution in [-0.4, -0.2) is 42.6 Å². The molecule has 0 bridgehead atoms. The number of hydrogen-bond acceptors (Lipinski definition) is 5. The highest BCUT2D eigenvalue weighted by Gasteiger charge is 2.48. The fourth-order valence-electron chi connectivity index (χ4n) is 3.28. The van der Waals surface area contributed by atoms with Crippen LogP contribution < -0.4 is 4.74 Å². The second kappa shape index (κ2) is 6.83. The summed E-state index contributed by atoms with van der Waals surface area (Å²) in [5.41, 5.74) is 0.266. The standard InChI is InChI=1S/C19H20F2N2O3S/c1-19(3-4-19)18(24)23-5-6-26-15(9-23)17-22-13(10-27-17)16-12(21)7-11(20)8-14(16)25-2/h7-8,10,15H,3-6,9H2,1-2H3. The van der Waals surface area contributed by atoms with Crippen molar-refractivity contribution in [2.75, 3.05) is 26.8 Å². The third kappa shape index (κ3) is 3.43. The summed E-state index contributed by atoms with van der Waals surface area (Å²) in [6, 6.07) is 1.94. The first-order chi connectivity index (χ1) is 12.9. The second-order valence-electron chi connectivity index (χ2n) is 7.21. The summed E-state index contributed by atoms with van der Waals surface area (Å²) in [6.07, 6.45) is 1.51. The van der Waals surface area contributed by atoms with E-state index >= 15 is 0 Å². The van der Waals surface area contributed by atoms with E-state index in [2.05, 4.69) is 4.98 Å². The summed E-state index contributed by atoms with van der Waals surface area (Å²) in [5, 5.41) is 2.36. The van der Waals surface area contributed by atoms with Crippen molar-refractivity contribution in [3.63, 3.8) is 0 Å². The number of methoxy groups -OCH3 is 1. The molecule has 2 heterocycles. The summed E-state index contributed by atoms with van der Waals surface area (Å²) in [5.74, 6) is -1.18. The van der Waals surface area contributed by atoms with Gasteiger partial charge in [-0.25, -0.2) is 13.8 Å². The number of ether oxygens (including phenoxy) is 2. The zero-order valence-electron chi connectivity index (χ0n) is 15.1. The summed E-state index contributed by atoms with van der Waals surface area (Å²) < 4.78 is 38.6. The molecule has 0 N–H and O–H groups in total. The first-order valence-corrected chi connectivity index (χ1v) is 9.69. The van der Waals surface area contributed by atoms with Crippen LogP contribution in [0.15, 0.2) is 17.5 Å². The van der Waals surface area contributed by atoms with Gasteiger partial charge >= 0.3 is 0 Å². The van der Waals surface area contributed by atoms with E-state index in [0.717, 1.165) is 25.0 Å². The minimum absolute atomic E-state index is 0.0902. The zero-order valence-corrected chi connectivity index (χ0v) is 15.9. The van der Waals surface area contributed by atoms with Gasteiger partial charge in [0.05, 0.1) is 31.5 Å². The van der Waals surface area contributed by atoms with Crippen molar-refractivity contribution < 1.29 is 23.0 Å². The van der Waals surface area contributed by atoms with Crippen molar-refractivity contribution in [2.45, 2.75) is 25.9 Å². The minimum Gasteiger partial charge on any atom is -0.496 e. The molecule has 144 valence electrons. The van der Waals surface area contributed by atoms with Gasteiger partial charge in [-0.3, -0.25) is 4.79 Å². The maximum absolute atomic E-state index is 14.3. The second-order valence-corrected chi connectivity index (χ2v) is 8.10. The topological polar surface area (TPSA) is 51.7 Å². The molecule has 1 atom stereocenters. The van der Waals surface area contributed by atoms with Gasteiger partial charge in [0.1, 0.15) is 28.5 Å². The van der Waals surface area contributed by atoms with Crippen LogP contribution in [0.2, 0.25) is 0 Å². The molecule has 1 amide bonds. The highest BCUT2D eigenvalue weighted by molar-refractivity contribution is 7.10. The molecular formula is C19H20F2N2O3S. The van der Waals surface area contributed by atoms with Crippen LogP contribution in [-0.2, 0) is 9.53 Å². The Balaban J connectivity index is 1.57. The first kappa shape index (κ1) is 18.3. The van der Waals surface area contributed by atoms with E-state index in [0.29, 0.717) is 30.4 Å². The molecule has 1 aliphatic carbocycles. The molecule has 2 aliphatic rings. The highest BCUT2D eigenvalue weighted by atomic mass is 32.1. The number of aromatic nitrogens is 1. The lowest BCUT2D eigenvalue weighted by atomic mass is 10.1. The van der Waals surface area contributed by atoms with E-state index in [9.17, 15) is 13.6 Å². The largest absolute Gasteiger partial charge is 0.496 e. The molecule has 1 aromatic carbocycles. The van der Waals surface area contributed by atoms with E-state index in [1.807, 2.05) is 11.8 Å². The van der Waals surface area contributed by atoms with Crippen molar-refractivity contribution in [1.82, 2.24) is 9.88 Å². The van der Waals surface area contributed by atoms with Gasteiger partial charge in [0.2, 0.25) is 5.91 Å². The Hall–Kier alpha value is -2.06. The summed E-state index contributed by atoms with van der Waals surface area (Å²) in [4.78, 5) is 18.9. The molecule has 5 nitrogen and oxygen atoms in total. The number of thiazole rings is 1. The first-order valence-electron chi connectivity index (χ1n) is 8.81. The van der Waals surface area contributed by atoms with E-state index in [1.54, 1.807) is 5.38 Å². The Kier molecular flexibility index (Phi) is 4.63. The Morgan fingerprint density at radius 2 is 2.19 bits per heavy atom. The Morgan fingerprint density at radius 1 is 1.41 bits per heavy atom. The number of amides is 1. The summed E-state index contributed by atoms with van der Waals surface area (Å²) in [7, 11) is 1.36. The molecule has 0 radical (unpaired) electrons. The number of carbonyl (C=O) groups excluding carboxylic acids is 1. The van der Waals surface area contributed by atoms with Crippen molar-refractivity contribution in [2.24, 2.45) is 5.41 Å². The van der Waals surface area contributed by atoms with Crippen molar-refractivity contribution >= 4 is 17.2 Å². The molecular weight excluding hydrogens is 374 g/mol. The summed E-state index contributed by atoms with van der Waals surface area (Å²) in [6.45, 7) is 3.44. The average Bonchev–Trinajstić information content (AvgIpc) is 3.22. The van der Waals surface area contributed by atoms with E-state index in [1.165, 1.54) is 18.4 Å². The predicted molar refractivity (Wildman–Crippen MR) is 96.6 cm³/mol. The molecule has 2 aromatic rings. The van der Waals surface area contributed by atoms with E-state index < -0.39 is 11.6 Å². The molecule has 1 saturated heterocycles. The predicted octanol–water partition coefficient (Wildman–Crippen LogP) is 3.80. The van der Waals surface area contributed by atoms with Crippen LogP contribution in [0.1, 0.15) is 30.9 Å². The average molecular weight is 394 g/mol. The van der Waals surface area contributed by atoms with Crippen LogP contribution in [0.4, 0.5) is 8.78 Å². The number of hydrogen-bond donors (Lipinski definition) is 0. The molecule has 8 heteroatoms. The molecule has 1 aromatic heterocycles. The Bertz CT molecular complexity index is 882. The monoisotopic (exact) mass is 394 g/mol. The molecule has 1 saturated carbocycles. The van der Waals surface area contributed by atoms with Gasteiger partial charge in [-0.1, -0.05) is 6.92 Å². The third-order valence-electron chi connectivity index (χ3n) is 5.16. The van der Waals surface area contributed by atoms with Crippen LogP contribution in [0.3, 0.4) is 0 Å². The molecule has 4 rings (SSSR count).